The lowest BCUT2D eigenvalue weighted by Crippen LogP contribution is -1.97. The fourth-order valence-corrected chi connectivity index (χ4v) is 2.02. The third kappa shape index (κ3) is 2.98. The monoisotopic (exact) mass is 371 g/mol. The summed E-state index contributed by atoms with van der Waals surface area (Å²) in [6.07, 6.45) is 2.98. The molecule has 2 aromatic rings. The number of halogens is 1. The van der Waals surface area contributed by atoms with Gasteiger partial charge in [0.25, 0.3) is 5.69 Å². The second-order valence-corrected chi connectivity index (χ2v) is 5.10. The van der Waals surface area contributed by atoms with Crippen molar-refractivity contribution in [2.24, 2.45) is 0 Å². The average molecular weight is 371 g/mol. The van der Waals surface area contributed by atoms with Gasteiger partial charge >= 0.3 is 0 Å². The van der Waals surface area contributed by atoms with Gasteiger partial charge in [-0.3, -0.25) is 10.1 Å². The maximum atomic E-state index is 10.9. The Balaban J connectivity index is 2.43. The molecule has 7 heteroatoms. The molecular weight excluding hydrogens is 361 g/mol. The molecule has 0 N–H and O–H groups in total. The molecular formula is C12H10IN3O3. The van der Waals surface area contributed by atoms with E-state index >= 15 is 0 Å². The molecule has 1 aromatic heterocycles. The summed E-state index contributed by atoms with van der Waals surface area (Å²) in [5.74, 6) is 0.811. The maximum absolute atomic E-state index is 10.9. The SMILES string of the molecule is Cc1cc(C)c([N+](=O)[O-])cc1Oc1ncncc1I. The number of hydrogen-bond acceptors (Lipinski definition) is 5. The molecule has 0 atom stereocenters. The van der Waals surface area contributed by atoms with Crippen molar-refractivity contribution >= 4 is 28.3 Å². The smallest absolute Gasteiger partial charge is 0.276 e. The van der Waals surface area contributed by atoms with Crippen molar-refractivity contribution in [3.05, 3.63) is 49.5 Å². The van der Waals surface area contributed by atoms with Gasteiger partial charge in [-0.2, -0.15) is 0 Å². The lowest BCUT2D eigenvalue weighted by atomic mass is 10.1. The molecule has 0 aliphatic heterocycles. The highest BCUT2D eigenvalue weighted by atomic mass is 127. The zero-order valence-corrected chi connectivity index (χ0v) is 12.4. The third-order valence-electron chi connectivity index (χ3n) is 2.53. The van der Waals surface area contributed by atoms with E-state index < -0.39 is 4.92 Å². The predicted octanol–water partition coefficient (Wildman–Crippen LogP) is 3.40. The number of nitro benzene ring substituents is 1. The molecule has 1 heterocycles. The molecule has 6 nitrogen and oxygen atoms in total. The van der Waals surface area contributed by atoms with E-state index in [1.807, 2.05) is 29.5 Å². The lowest BCUT2D eigenvalue weighted by molar-refractivity contribution is -0.385. The summed E-state index contributed by atoms with van der Waals surface area (Å²) >= 11 is 2.04. The van der Waals surface area contributed by atoms with Crippen molar-refractivity contribution in [2.75, 3.05) is 0 Å². The van der Waals surface area contributed by atoms with Gasteiger partial charge < -0.3 is 4.74 Å². The molecule has 0 aliphatic carbocycles. The van der Waals surface area contributed by atoms with Gasteiger partial charge in [0.2, 0.25) is 5.88 Å². The number of nitro groups is 1. The normalized spacial score (nSPS) is 10.3. The third-order valence-corrected chi connectivity index (χ3v) is 3.27. The number of aromatic nitrogens is 2. The molecule has 0 fully saturated rings. The molecule has 0 bridgehead atoms. The number of ether oxygens (including phenoxy) is 1. The van der Waals surface area contributed by atoms with Crippen molar-refractivity contribution < 1.29 is 9.66 Å². The second-order valence-electron chi connectivity index (χ2n) is 3.94. The molecule has 0 aliphatic rings. The van der Waals surface area contributed by atoms with Crippen molar-refractivity contribution in [1.29, 1.82) is 0 Å². The summed E-state index contributed by atoms with van der Waals surface area (Å²) in [7, 11) is 0. The molecule has 0 spiro atoms. The highest BCUT2D eigenvalue weighted by Gasteiger charge is 2.16. The van der Waals surface area contributed by atoms with Gasteiger partial charge in [-0.05, 0) is 48.1 Å². The minimum absolute atomic E-state index is 0.0321. The van der Waals surface area contributed by atoms with Crippen LogP contribution < -0.4 is 4.74 Å². The molecule has 98 valence electrons. The Labute approximate surface area is 123 Å². The summed E-state index contributed by atoms with van der Waals surface area (Å²) in [6.45, 7) is 3.53. The van der Waals surface area contributed by atoms with E-state index in [1.54, 1.807) is 19.2 Å². The van der Waals surface area contributed by atoms with Gasteiger partial charge in [0.15, 0.2) is 0 Å². The van der Waals surface area contributed by atoms with Gasteiger partial charge in [0.1, 0.15) is 12.1 Å². The summed E-state index contributed by atoms with van der Waals surface area (Å²) in [5.41, 5.74) is 1.45. The molecule has 0 amide bonds. The van der Waals surface area contributed by atoms with Crippen molar-refractivity contribution in [3.8, 4) is 11.6 Å². The molecule has 2 rings (SSSR count). The Bertz CT molecular complexity index is 646. The fraction of sp³-hybridized carbons (Fsp3) is 0.167. The van der Waals surface area contributed by atoms with Crippen LogP contribution in [-0.4, -0.2) is 14.9 Å². The minimum Gasteiger partial charge on any atom is -0.437 e. The van der Waals surface area contributed by atoms with E-state index in [-0.39, 0.29) is 5.69 Å². The maximum Gasteiger partial charge on any atom is 0.276 e. The van der Waals surface area contributed by atoms with Crippen molar-refractivity contribution in [2.45, 2.75) is 13.8 Å². The standard InChI is InChI=1S/C12H10IN3O3/c1-7-3-8(2)11(4-10(7)16(17)18)19-12-9(13)5-14-6-15-12/h3-6H,1-2H3. The van der Waals surface area contributed by atoms with E-state index in [9.17, 15) is 10.1 Å². The van der Waals surface area contributed by atoms with E-state index in [2.05, 4.69) is 9.97 Å². The lowest BCUT2D eigenvalue weighted by Gasteiger charge is -2.09. The molecule has 0 saturated carbocycles. The van der Waals surface area contributed by atoms with Crippen LogP contribution >= 0.6 is 22.6 Å². The van der Waals surface area contributed by atoms with Crippen LogP contribution in [0, 0.1) is 27.5 Å². The first-order valence-electron chi connectivity index (χ1n) is 5.38. The highest BCUT2D eigenvalue weighted by Crippen LogP contribution is 2.32. The second kappa shape index (κ2) is 5.47. The topological polar surface area (TPSA) is 78.2 Å². The summed E-state index contributed by atoms with van der Waals surface area (Å²) in [6, 6.07) is 3.14. The zero-order chi connectivity index (χ0) is 14.0. The van der Waals surface area contributed by atoms with E-state index in [1.165, 1.54) is 12.4 Å². The molecule has 1 aromatic carbocycles. The van der Waals surface area contributed by atoms with Gasteiger partial charge in [0.05, 0.1) is 14.6 Å². The van der Waals surface area contributed by atoms with Crippen LogP contribution in [0.4, 0.5) is 5.69 Å². The Morgan fingerprint density at radius 2 is 2.05 bits per heavy atom. The average Bonchev–Trinajstić information content (AvgIpc) is 2.34. The number of aryl methyl sites for hydroxylation is 2. The molecule has 0 radical (unpaired) electrons. The fourth-order valence-electron chi connectivity index (χ4n) is 1.61. The molecule has 0 unspecified atom stereocenters. The number of nitrogens with zero attached hydrogens (tertiary/aromatic N) is 3. The summed E-state index contributed by atoms with van der Waals surface area (Å²) in [5, 5.41) is 10.9. The van der Waals surface area contributed by atoms with Gasteiger partial charge in [0, 0.05) is 11.8 Å². The quantitative estimate of drug-likeness (QED) is 0.470. The van der Waals surface area contributed by atoms with Gasteiger partial charge in [-0.25, -0.2) is 9.97 Å². The van der Waals surface area contributed by atoms with Crippen LogP contribution in [0.25, 0.3) is 0 Å². The van der Waals surface area contributed by atoms with E-state index in [0.29, 0.717) is 17.2 Å². The number of benzene rings is 1. The van der Waals surface area contributed by atoms with Crippen LogP contribution in [-0.2, 0) is 0 Å². The molecule has 0 saturated heterocycles. The predicted molar refractivity (Wildman–Crippen MR) is 77.4 cm³/mol. The minimum atomic E-state index is -0.424. The number of rotatable bonds is 3. The largest absolute Gasteiger partial charge is 0.437 e. The number of hydrogen-bond donors (Lipinski definition) is 0. The highest BCUT2D eigenvalue weighted by molar-refractivity contribution is 14.1. The van der Waals surface area contributed by atoms with Crippen molar-refractivity contribution in [1.82, 2.24) is 9.97 Å². The first-order chi connectivity index (χ1) is 8.99. The van der Waals surface area contributed by atoms with Crippen LogP contribution in [0.3, 0.4) is 0 Å². The first-order valence-corrected chi connectivity index (χ1v) is 6.46. The zero-order valence-electron chi connectivity index (χ0n) is 10.3. The van der Waals surface area contributed by atoms with Gasteiger partial charge in [-0.1, -0.05) is 0 Å². The first kappa shape index (κ1) is 13.7. The Morgan fingerprint density at radius 1 is 1.32 bits per heavy atom. The van der Waals surface area contributed by atoms with Crippen LogP contribution in [0.15, 0.2) is 24.7 Å². The summed E-state index contributed by atoms with van der Waals surface area (Å²) < 4.78 is 6.36. The molecule has 19 heavy (non-hydrogen) atoms. The van der Waals surface area contributed by atoms with E-state index in [0.717, 1.165) is 9.13 Å². The summed E-state index contributed by atoms with van der Waals surface area (Å²) in [4.78, 5) is 18.4. The Morgan fingerprint density at radius 3 is 2.68 bits per heavy atom. The Kier molecular flexibility index (Phi) is 3.93. The van der Waals surface area contributed by atoms with Crippen LogP contribution in [0.2, 0.25) is 0 Å². The van der Waals surface area contributed by atoms with Crippen LogP contribution in [0.5, 0.6) is 11.6 Å². The van der Waals surface area contributed by atoms with Gasteiger partial charge in [-0.15, -0.1) is 0 Å². The van der Waals surface area contributed by atoms with Crippen LogP contribution in [0.1, 0.15) is 11.1 Å². The van der Waals surface area contributed by atoms with E-state index in [4.69, 9.17) is 4.74 Å². The van der Waals surface area contributed by atoms with Crippen molar-refractivity contribution in [3.63, 3.8) is 0 Å². The Hall–Kier alpha value is -1.77.